The van der Waals surface area contributed by atoms with Crippen molar-refractivity contribution in [2.24, 2.45) is 0 Å². The second-order valence-corrected chi connectivity index (χ2v) is 5.59. The summed E-state index contributed by atoms with van der Waals surface area (Å²) in [5.74, 6) is 0.267. The SMILES string of the molecule is Cc1nn2c(c1S(=O)(=O)Cl)OCCC2. The average Bonchev–Trinajstić information content (AvgIpc) is 2.38. The molecule has 5 nitrogen and oxygen atoms in total. The van der Waals surface area contributed by atoms with Crippen LogP contribution in [0.25, 0.3) is 0 Å². The van der Waals surface area contributed by atoms with Crippen molar-refractivity contribution < 1.29 is 13.2 Å². The molecule has 0 amide bonds. The van der Waals surface area contributed by atoms with Gasteiger partial charge in [0, 0.05) is 23.6 Å². The molecule has 0 aromatic carbocycles. The van der Waals surface area contributed by atoms with Crippen LogP contribution in [-0.4, -0.2) is 24.8 Å². The molecule has 1 aromatic rings. The average molecular weight is 237 g/mol. The topological polar surface area (TPSA) is 61.2 Å². The van der Waals surface area contributed by atoms with Gasteiger partial charge in [0.25, 0.3) is 9.05 Å². The van der Waals surface area contributed by atoms with E-state index in [0.717, 1.165) is 6.42 Å². The first-order chi connectivity index (χ1) is 6.50. The second kappa shape index (κ2) is 3.13. The van der Waals surface area contributed by atoms with Gasteiger partial charge >= 0.3 is 0 Å². The standard InChI is InChI=1S/C7H9ClN2O3S/c1-5-6(14(8,11)12)7-10(9-5)3-2-4-13-7/h2-4H2,1H3. The maximum absolute atomic E-state index is 11.2. The zero-order chi connectivity index (χ0) is 10.3. The van der Waals surface area contributed by atoms with E-state index in [1.54, 1.807) is 6.92 Å². The van der Waals surface area contributed by atoms with Crippen LogP contribution in [-0.2, 0) is 15.6 Å². The molecule has 78 valence electrons. The quantitative estimate of drug-likeness (QED) is 0.680. The van der Waals surface area contributed by atoms with E-state index in [9.17, 15) is 8.42 Å². The third kappa shape index (κ3) is 1.48. The lowest BCUT2D eigenvalue weighted by molar-refractivity contribution is 0.224. The predicted octanol–water partition coefficient (Wildman–Crippen LogP) is 0.902. The van der Waals surface area contributed by atoms with E-state index in [4.69, 9.17) is 15.4 Å². The summed E-state index contributed by atoms with van der Waals surface area (Å²) >= 11 is 0. The Labute approximate surface area is 86.0 Å². The van der Waals surface area contributed by atoms with Gasteiger partial charge in [0.05, 0.1) is 12.3 Å². The Morgan fingerprint density at radius 3 is 2.93 bits per heavy atom. The van der Waals surface area contributed by atoms with Crippen molar-refractivity contribution >= 4 is 19.7 Å². The van der Waals surface area contributed by atoms with E-state index in [1.807, 2.05) is 0 Å². The van der Waals surface area contributed by atoms with E-state index in [0.29, 0.717) is 18.8 Å². The molecule has 0 saturated carbocycles. The minimum atomic E-state index is -3.77. The van der Waals surface area contributed by atoms with Gasteiger partial charge < -0.3 is 4.74 Å². The van der Waals surface area contributed by atoms with Gasteiger partial charge in [0.15, 0.2) is 4.90 Å². The first-order valence-electron chi connectivity index (χ1n) is 4.15. The smallest absolute Gasteiger partial charge is 0.268 e. The van der Waals surface area contributed by atoms with Crippen molar-refractivity contribution in [1.29, 1.82) is 0 Å². The summed E-state index contributed by atoms with van der Waals surface area (Å²) in [4.78, 5) is -0.00105. The summed E-state index contributed by atoms with van der Waals surface area (Å²) in [6, 6.07) is 0. The molecule has 0 unspecified atom stereocenters. The van der Waals surface area contributed by atoms with Crippen LogP contribution in [0.1, 0.15) is 12.1 Å². The first kappa shape index (κ1) is 9.79. The van der Waals surface area contributed by atoms with Crippen molar-refractivity contribution in [3.05, 3.63) is 5.69 Å². The van der Waals surface area contributed by atoms with Gasteiger partial charge in [-0.15, -0.1) is 0 Å². The van der Waals surface area contributed by atoms with Crippen LogP contribution in [0, 0.1) is 6.92 Å². The van der Waals surface area contributed by atoms with Crippen LogP contribution in [0.15, 0.2) is 4.90 Å². The summed E-state index contributed by atoms with van der Waals surface area (Å²) in [6.45, 7) is 2.77. The third-order valence-electron chi connectivity index (χ3n) is 2.02. The summed E-state index contributed by atoms with van der Waals surface area (Å²) in [7, 11) is 1.51. The lowest BCUT2D eigenvalue weighted by atomic mass is 10.4. The number of hydrogen-bond donors (Lipinski definition) is 0. The number of fused-ring (bicyclic) bond motifs is 1. The van der Waals surface area contributed by atoms with Crippen LogP contribution < -0.4 is 4.74 Å². The molecule has 0 spiro atoms. The Morgan fingerprint density at radius 1 is 1.57 bits per heavy atom. The lowest BCUT2D eigenvalue weighted by Gasteiger charge is -2.14. The van der Waals surface area contributed by atoms with Crippen molar-refractivity contribution in [3.63, 3.8) is 0 Å². The molecule has 0 N–H and O–H groups in total. The highest BCUT2D eigenvalue weighted by Crippen LogP contribution is 2.32. The monoisotopic (exact) mass is 236 g/mol. The van der Waals surface area contributed by atoms with E-state index in [-0.39, 0.29) is 10.8 Å². The fourth-order valence-electron chi connectivity index (χ4n) is 1.50. The van der Waals surface area contributed by atoms with Gasteiger partial charge in [-0.25, -0.2) is 13.1 Å². The van der Waals surface area contributed by atoms with Gasteiger partial charge in [-0.1, -0.05) is 0 Å². The molecule has 2 heterocycles. The molecule has 7 heteroatoms. The predicted molar refractivity (Wildman–Crippen MR) is 50.1 cm³/mol. The molecule has 0 aliphatic carbocycles. The molecule has 0 bridgehead atoms. The van der Waals surface area contributed by atoms with Crippen LogP contribution in [0.4, 0.5) is 0 Å². The Kier molecular flexibility index (Phi) is 2.19. The molecule has 0 fully saturated rings. The zero-order valence-corrected chi connectivity index (χ0v) is 9.10. The van der Waals surface area contributed by atoms with E-state index in [1.165, 1.54) is 4.68 Å². The number of aryl methyl sites for hydroxylation is 2. The maximum atomic E-state index is 11.2. The lowest BCUT2D eigenvalue weighted by Crippen LogP contribution is -2.15. The molecule has 0 radical (unpaired) electrons. The molecule has 0 saturated heterocycles. The Morgan fingerprint density at radius 2 is 2.29 bits per heavy atom. The largest absolute Gasteiger partial charge is 0.477 e. The Hall–Kier alpha value is -0.750. The Balaban J connectivity index is 2.65. The van der Waals surface area contributed by atoms with Crippen LogP contribution in [0.5, 0.6) is 5.88 Å². The summed E-state index contributed by atoms with van der Waals surface area (Å²) in [5.41, 5.74) is 0.386. The summed E-state index contributed by atoms with van der Waals surface area (Å²) in [5, 5.41) is 4.05. The highest BCUT2D eigenvalue weighted by atomic mass is 35.7. The molecule has 1 aliphatic rings. The molecular weight excluding hydrogens is 228 g/mol. The number of nitrogens with zero attached hydrogens (tertiary/aromatic N) is 2. The zero-order valence-electron chi connectivity index (χ0n) is 7.53. The highest BCUT2D eigenvalue weighted by Gasteiger charge is 2.28. The van der Waals surface area contributed by atoms with E-state index >= 15 is 0 Å². The molecule has 1 aliphatic heterocycles. The molecule has 2 rings (SSSR count). The van der Waals surface area contributed by atoms with Crippen LogP contribution in [0.2, 0.25) is 0 Å². The van der Waals surface area contributed by atoms with Gasteiger partial charge in [0.2, 0.25) is 5.88 Å². The second-order valence-electron chi connectivity index (χ2n) is 3.08. The van der Waals surface area contributed by atoms with Crippen molar-refractivity contribution in [1.82, 2.24) is 9.78 Å². The third-order valence-corrected chi connectivity index (χ3v) is 3.45. The Bertz CT molecular complexity index is 466. The highest BCUT2D eigenvalue weighted by molar-refractivity contribution is 8.13. The molecule has 14 heavy (non-hydrogen) atoms. The minimum Gasteiger partial charge on any atom is -0.477 e. The van der Waals surface area contributed by atoms with Crippen molar-refractivity contribution in [2.75, 3.05) is 6.61 Å². The first-order valence-corrected chi connectivity index (χ1v) is 6.46. The number of rotatable bonds is 1. The van der Waals surface area contributed by atoms with Crippen molar-refractivity contribution in [2.45, 2.75) is 24.8 Å². The number of halogens is 1. The van der Waals surface area contributed by atoms with Crippen LogP contribution in [0.3, 0.4) is 0 Å². The normalized spacial score (nSPS) is 16.1. The maximum Gasteiger partial charge on any atom is 0.268 e. The van der Waals surface area contributed by atoms with Gasteiger partial charge in [-0.2, -0.15) is 5.10 Å². The number of aromatic nitrogens is 2. The van der Waals surface area contributed by atoms with Gasteiger partial charge in [0.1, 0.15) is 0 Å². The van der Waals surface area contributed by atoms with Crippen LogP contribution >= 0.6 is 10.7 Å². The van der Waals surface area contributed by atoms with Gasteiger partial charge in [-0.3, -0.25) is 0 Å². The van der Waals surface area contributed by atoms with E-state index < -0.39 is 9.05 Å². The number of ether oxygens (including phenoxy) is 1. The minimum absolute atomic E-state index is 0.00105. The van der Waals surface area contributed by atoms with E-state index in [2.05, 4.69) is 5.10 Å². The van der Waals surface area contributed by atoms with Gasteiger partial charge in [-0.05, 0) is 6.92 Å². The molecule has 1 aromatic heterocycles. The molecular formula is C7H9ClN2O3S. The number of hydrogen-bond acceptors (Lipinski definition) is 4. The fraction of sp³-hybridized carbons (Fsp3) is 0.571. The molecule has 0 atom stereocenters. The van der Waals surface area contributed by atoms with Crippen molar-refractivity contribution in [3.8, 4) is 5.88 Å². The fourth-order valence-corrected chi connectivity index (χ4v) is 2.80. The summed E-state index contributed by atoms with van der Waals surface area (Å²) in [6.07, 6.45) is 0.829. The summed E-state index contributed by atoms with van der Waals surface area (Å²) < 4.78 is 29.2.